The highest BCUT2D eigenvalue weighted by Crippen LogP contribution is 2.26. The number of methoxy groups -OCH3 is 1. The summed E-state index contributed by atoms with van der Waals surface area (Å²) in [6, 6.07) is 7.29. The van der Waals surface area contributed by atoms with E-state index in [1.54, 1.807) is 19.2 Å². The highest BCUT2D eigenvalue weighted by Gasteiger charge is 2.31. The van der Waals surface area contributed by atoms with Crippen molar-refractivity contribution >= 4 is 11.7 Å². The molecule has 0 saturated heterocycles. The van der Waals surface area contributed by atoms with E-state index < -0.39 is 5.41 Å². The molecule has 4 nitrogen and oxygen atoms in total. The van der Waals surface area contributed by atoms with Gasteiger partial charge in [-0.15, -0.1) is 0 Å². The quantitative estimate of drug-likeness (QED) is 0.642. The lowest BCUT2D eigenvalue weighted by Crippen LogP contribution is -2.33. The number of rotatable bonds is 6. The van der Waals surface area contributed by atoms with Crippen LogP contribution in [-0.2, 0) is 19.7 Å². The number of anilines is 1. The van der Waals surface area contributed by atoms with Crippen molar-refractivity contribution in [2.75, 3.05) is 19.5 Å². The lowest BCUT2D eigenvalue weighted by atomic mass is 9.84. The fourth-order valence-corrected chi connectivity index (χ4v) is 1.69. The van der Waals surface area contributed by atoms with Gasteiger partial charge >= 0.3 is 5.97 Å². The van der Waals surface area contributed by atoms with Crippen LogP contribution in [0.5, 0.6) is 0 Å². The van der Waals surface area contributed by atoms with Crippen LogP contribution < -0.4 is 5.73 Å². The van der Waals surface area contributed by atoms with Gasteiger partial charge in [-0.3, -0.25) is 4.79 Å². The summed E-state index contributed by atoms with van der Waals surface area (Å²) in [7, 11) is 1.65. The van der Waals surface area contributed by atoms with Crippen LogP contribution in [0.15, 0.2) is 24.3 Å². The van der Waals surface area contributed by atoms with Crippen LogP contribution in [0.25, 0.3) is 0 Å². The van der Waals surface area contributed by atoms with Gasteiger partial charge in [0.05, 0.1) is 17.6 Å². The van der Waals surface area contributed by atoms with E-state index in [9.17, 15) is 4.79 Å². The van der Waals surface area contributed by atoms with Crippen molar-refractivity contribution in [1.29, 1.82) is 0 Å². The van der Waals surface area contributed by atoms with Gasteiger partial charge in [0, 0.05) is 19.2 Å². The van der Waals surface area contributed by atoms with Crippen molar-refractivity contribution in [2.45, 2.75) is 45.1 Å². The molecule has 0 radical (unpaired) electrons. The third kappa shape index (κ3) is 4.23. The van der Waals surface area contributed by atoms with Crippen LogP contribution in [0.4, 0.5) is 5.69 Å². The summed E-state index contributed by atoms with van der Waals surface area (Å²) in [5.41, 5.74) is 6.26. The maximum absolute atomic E-state index is 12.2. The fraction of sp³-hybridized carbons (Fsp3) is 0.562. The zero-order valence-electron chi connectivity index (χ0n) is 13.0. The van der Waals surface area contributed by atoms with Crippen LogP contribution in [-0.4, -0.2) is 25.3 Å². The number of nitrogen functional groups attached to an aromatic ring is 1. The number of nitrogens with two attached hydrogens (primary N) is 1. The van der Waals surface area contributed by atoms with Crippen molar-refractivity contribution in [1.82, 2.24) is 0 Å². The van der Waals surface area contributed by atoms with E-state index in [0.29, 0.717) is 18.7 Å². The summed E-state index contributed by atoms with van der Waals surface area (Å²) in [4.78, 5) is 12.2. The van der Waals surface area contributed by atoms with Gasteiger partial charge in [0.25, 0.3) is 0 Å². The van der Waals surface area contributed by atoms with Gasteiger partial charge in [0.2, 0.25) is 0 Å². The van der Waals surface area contributed by atoms with E-state index in [4.69, 9.17) is 15.2 Å². The predicted octanol–water partition coefficient (Wildman–Crippen LogP) is 2.90. The molecular weight excluding hydrogens is 254 g/mol. The van der Waals surface area contributed by atoms with Crippen LogP contribution in [0.1, 0.15) is 39.7 Å². The molecule has 0 aliphatic rings. The summed E-state index contributed by atoms with van der Waals surface area (Å²) in [6.45, 7) is 7.97. The van der Waals surface area contributed by atoms with E-state index in [1.165, 1.54) is 0 Å². The normalized spacial score (nSPS) is 12.2. The van der Waals surface area contributed by atoms with Gasteiger partial charge in [-0.2, -0.15) is 0 Å². The molecule has 0 heterocycles. The smallest absolute Gasteiger partial charge is 0.315 e. The van der Waals surface area contributed by atoms with Crippen molar-refractivity contribution < 1.29 is 14.3 Å². The molecule has 1 aromatic carbocycles. The molecule has 0 fully saturated rings. The Labute approximate surface area is 121 Å². The SMILES string of the molecule is COC(C)(C)CCOC(=O)C(C)(C)c1ccc(N)cc1. The summed E-state index contributed by atoms with van der Waals surface area (Å²) in [5.74, 6) is -0.242. The Morgan fingerprint density at radius 2 is 1.70 bits per heavy atom. The highest BCUT2D eigenvalue weighted by atomic mass is 16.5. The second-order valence-corrected chi connectivity index (χ2v) is 6.10. The van der Waals surface area contributed by atoms with Crippen LogP contribution in [0, 0.1) is 0 Å². The van der Waals surface area contributed by atoms with Crippen LogP contribution in [0.3, 0.4) is 0 Å². The monoisotopic (exact) mass is 279 g/mol. The second-order valence-electron chi connectivity index (χ2n) is 6.10. The number of esters is 1. The molecule has 0 atom stereocenters. The number of hydrogen-bond acceptors (Lipinski definition) is 4. The maximum Gasteiger partial charge on any atom is 0.315 e. The third-order valence-electron chi connectivity index (χ3n) is 3.63. The number of ether oxygens (including phenoxy) is 2. The first-order valence-corrected chi connectivity index (χ1v) is 6.77. The molecule has 0 saturated carbocycles. The minimum atomic E-state index is -0.690. The van der Waals surface area contributed by atoms with E-state index >= 15 is 0 Å². The highest BCUT2D eigenvalue weighted by molar-refractivity contribution is 5.82. The first-order valence-electron chi connectivity index (χ1n) is 6.77. The number of carbonyl (C=O) groups excluding carboxylic acids is 1. The Balaban J connectivity index is 2.64. The zero-order valence-corrected chi connectivity index (χ0v) is 13.0. The van der Waals surface area contributed by atoms with Crippen molar-refractivity contribution in [2.24, 2.45) is 0 Å². The average molecular weight is 279 g/mol. The standard InChI is InChI=1S/C16H25NO3/c1-15(2,19-5)10-11-20-14(18)16(3,4)12-6-8-13(17)9-7-12/h6-9H,10-11,17H2,1-5H3. The Kier molecular flexibility index (Phi) is 5.17. The Bertz CT molecular complexity index is 449. The van der Waals surface area contributed by atoms with Gasteiger partial charge in [0.15, 0.2) is 0 Å². The largest absolute Gasteiger partial charge is 0.465 e. The maximum atomic E-state index is 12.2. The Morgan fingerprint density at radius 3 is 2.20 bits per heavy atom. The minimum absolute atomic E-state index is 0.242. The number of carbonyl (C=O) groups is 1. The van der Waals surface area contributed by atoms with Crippen LogP contribution in [0.2, 0.25) is 0 Å². The predicted molar refractivity (Wildman–Crippen MR) is 80.5 cm³/mol. The van der Waals surface area contributed by atoms with Gasteiger partial charge in [-0.1, -0.05) is 12.1 Å². The zero-order chi connectivity index (χ0) is 15.4. The molecule has 0 spiro atoms. The summed E-state index contributed by atoms with van der Waals surface area (Å²) in [6.07, 6.45) is 0.660. The van der Waals surface area contributed by atoms with Crippen LogP contribution >= 0.6 is 0 Å². The Morgan fingerprint density at radius 1 is 1.15 bits per heavy atom. The van der Waals surface area contributed by atoms with Gasteiger partial charge in [0.1, 0.15) is 0 Å². The number of benzene rings is 1. The second kappa shape index (κ2) is 6.27. The third-order valence-corrected chi connectivity index (χ3v) is 3.63. The minimum Gasteiger partial charge on any atom is -0.465 e. The van der Waals surface area contributed by atoms with Gasteiger partial charge < -0.3 is 15.2 Å². The van der Waals surface area contributed by atoms with Gasteiger partial charge in [-0.25, -0.2) is 0 Å². The van der Waals surface area contributed by atoms with E-state index in [2.05, 4.69) is 0 Å². The van der Waals surface area contributed by atoms with E-state index in [1.807, 2.05) is 39.8 Å². The lowest BCUT2D eigenvalue weighted by molar-refractivity contribution is -0.150. The van der Waals surface area contributed by atoms with Crippen molar-refractivity contribution in [3.63, 3.8) is 0 Å². The Hall–Kier alpha value is -1.55. The molecule has 0 aromatic heterocycles. The summed E-state index contributed by atoms with van der Waals surface area (Å²) < 4.78 is 10.7. The van der Waals surface area contributed by atoms with Gasteiger partial charge in [-0.05, 0) is 45.4 Å². The topological polar surface area (TPSA) is 61.5 Å². The molecule has 1 aromatic rings. The first-order chi connectivity index (χ1) is 9.19. The molecular formula is C16H25NO3. The molecule has 1 rings (SSSR count). The first kappa shape index (κ1) is 16.5. The molecule has 2 N–H and O–H groups in total. The van der Waals surface area contributed by atoms with Crippen molar-refractivity contribution in [3.05, 3.63) is 29.8 Å². The lowest BCUT2D eigenvalue weighted by Gasteiger charge is -2.26. The molecule has 0 aliphatic heterocycles. The molecule has 0 amide bonds. The molecule has 0 bridgehead atoms. The molecule has 112 valence electrons. The number of hydrogen-bond donors (Lipinski definition) is 1. The van der Waals surface area contributed by atoms with Crippen molar-refractivity contribution in [3.8, 4) is 0 Å². The average Bonchev–Trinajstić information content (AvgIpc) is 2.39. The molecule has 20 heavy (non-hydrogen) atoms. The summed E-state index contributed by atoms with van der Waals surface area (Å²) in [5, 5.41) is 0. The fourth-order valence-electron chi connectivity index (χ4n) is 1.69. The van der Waals surface area contributed by atoms with E-state index in [0.717, 1.165) is 5.56 Å². The molecule has 4 heteroatoms. The van der Waals surface area contributed by atoms with E-state index in [-0.39, 0.29) is 11.6 Å². The molecule has 0 aliphatic carbocycles. The molecule has 0 unspecified atom stereocenters. The summed E-state index contributed by atoms with van der Waals surface area (Å²) >= 11 is 0.